The van der Waals surface area contributed by atoms with Gasteiger partial charge in [-0.1, -0.05) is 24.3 Å². The van der Waals surface area contributed by atoms with Crippen molar-refractivity contribution in [2.24, 2.45) is 0 Å². The molecule has 0 bridgehead atoms. The maximum absolute atomic E-state index is 12.4. The SMILES string of the molecule is COCC(=O)N(CCN1CCN(Cc2cccs2)CC1)c1ccccc1. The first kappa shape index (κ1) is 19.0. The van der Waals surface area contributed by atoms with Crippen LogP contribution in [0.4, 0.5) is 5.69 Å². The lowest BCUT2D eigenvalue weighted by Gasteiger charge is -2.35. The van der Waals surface area contributed by atoms with E-state index in [1.165, 1.54) is 4.88 Å². The Morgan fingerprint density at radius 3 is 2.46 bits per heavy atom. The summed E-state index contributed by atoms with van der Waals surface area (Å²) >= 11 is 1.83. The van der Waals surface area contributed by atoms with E-state index in [1.54, 1.807) is 7.11 Å². The van der Waals surface area contributed by atoms with Crippen LogP contribution in [-0.2, 0) is 16.1 Å². The number of anilines is 1. The summed E-state index contributed by atoms with van der Waals surface area (Å²) in [5, 5.41) is 2.14. The summed E-state index contributed by atoms with van der Waals surface area (Å²) in [6, 6.07) is 14.2. The molecule has 5 nitrogen and oxygen atoms in total. The molecule has 1 fully saturated rings. The lowest BCUT2D eigenvalue weighted by atomic mass is 10.2. The summed E-state index contributed by atoms with van der Waals surface area (Å²) in [6.07, 6.45) is 0. The van der Waals surface area contributed by atoms with Gasteiger partial charge in [0.25, 0.3) is 5.91 Å². The number of rotatable bonds is 8. The number of methoxy groups -OCH3 is 1. The molecule has 1 saturated heterocycles. The normalized spacial score (nSPS) is 15.9. The molecule has 26 heavy (non-hydrogen) atoms. The maximum Gasteiger partial charge on any atom is 0.252 e. The van der Waals surface area contributed by atoms with Gasteiger partial charge in [0.05, 0.1) is 0 Å². The zero-order valence-corrected chi connectivity index (χ0v) is 16.2. The summed E-state index contributed by atoms with van der Waals surface area (Å²) < 4.78 is 5.05. The minimum atomic E-state index is 0.00929. The van der Waals surface area contributed by atoms with Gasteiger partial charge in [-0.3, -0.25) is 14.6 Å². The van der Waals surface area contributed by atoms with E-state index in [-0.39, 0.29) is 12.5 Å². The minimum Gasteiger partial charge on any atom is -0.375 e. The number of para-hydroxylation sites is 1. The van der Waals surface area contributed by atoms with E-state index in [2.05, 4.69) is 27.3 Å². The largest absolute Gasteiger partial charge is 0.375 e. The van der Waals surface area contributed by atoms with E-state index in [0.717, 1.165) is 45.0 Å². The van der Waals surface area contributed by atoms with Crippen LogP contribution in [0.1, 0.15) is 4.88 Å². The van der Waals surface area contributed by atoms with Gasteiger partial charge in [0.15, 0.2) is 0 Å². The Bertz CT molecular complexity index is 655. The number of thiophene rings is 1. The van der Waals surface area contributed by atoms with Crippen molar-refractivity contribution in [3.05, 3.63) is 52.7 Å². The summed E-state index contributed by atoms with van der Waals surface area (Å²) in [4.78, 5) is 20.6. The number of carbonyl (C=O) groups excluding carboxylic acids is 1. The van der Waals surface area contributed by atoms with E-state index >= 15 is 0 Å². The standard InChI is InChI=1S/C20H27N3O2S/c1-25-17-20(24)23(18-6-3-2-4-7-18)14-13-21-9-11-22(12-10-21)16-19-8-5-15-26-19/h2-8,15H,9-14,16-17H2,1H3. The molecule has 0 unspecified atom stereocenters. The van der Waals surface area contributed by atoms with Crippen molar-refractivity contribution in [2.75, 3.05) is 57.9 Å². The third-order valence-corrected chi connectivity index (χ3v) is 5.56. The smallest absolute Gasteiger partial charge is 0.252 e. The molecular weight excluding hydrogens is 346 g/mol. The quantitative estimate of drug-likeness (QED) is 0.713. The van der Waals surface area contributed by atoms with Gasteiger partial charge < -0.3 is 9.64 Å². The van der Waals surface area contributed by atoms with Gasteiger partial charge in [-0.25, -0.2) is 0 Å². The van der Waals surface area contributed by atoms with Gasteiger partial charge in [-0.15, -0.1) is 11.3 Å². The van der Waals surface area contributed by atoms with Crippen LogP contribution >= 0.6 is 11.3 Å². The lowest BCUT2D eigenvalue weighted by Crippen LogP contribution is -2.49. The van der Waals surface area contributed by atoms with E-state index in [0.29, 0.717) is 6.54 Å². The third kappa shape index (κ3) is 5.38. The molecule has 1 aliphatic rings. The zero-order valence-electron chi connectivity index (χ0n) is 15.3. The highest BCUT2D eigenvalue weighted by atomic mass is 32.1. The average molecular weight is 374 g/mol. The molecule has 1 amide bonds. The Balaban J connectivity index is 1.49. The molecule has 0 saturated carbocycles. The topological polar surface area (TPSA) is 36.0 Å². The van der Waals surface area contributed by atoms with Gasteiger partial charge in [0, 0.05) is 63.5 Å². The molecule has 3 rings (SSSR count). The number of nitrogens with zero attached hydrogens (tertiary/aromatic N) is 3. The molecule has 0 spiro atoms. The molecule has 2 aromatic rings. The maximum atomic E-state index is 12.4. The van der Waals surface area contributed by atoms with Crippen LogP contribution in [0.3, 0.4) is 0 Å². The highest BCUT2D eigenvalue weighted by Crippen LogP contribution is 2.15. The second kappa shape index (κ2) is 9.83. The van der Waals surface area contributed by atoms with Gasteiger partial charge in [0.1, 0.15) is 6.61 Å². The van der Waals surface area contributed by atoms with Crippen LogP contribution in [0.2, 0.25) is 0 Å². The Hall–Kier alpha value is -1.73. The van der Waals surface area contributed by atoms with Crippen LogP contribution < -0.4 is 4.90 Å². The van der Waals surface area contributed by atoms with Crippen LogP contribution in [0.25, 0.3) is 0 Å². The molecule has 1 aliphatic heterocycles. The number of carbonyl (C=O) groups is 1. The molecule has 0 N–H and O–H groups in total. The molecule has 140 valence electrons. The molecule has 1 aromatic carbocycles. The van der Waals surface area contributed by atoms with Crippen molar-refractivity contribution in [1.29, 1.82) is 0 Å². The first-order valence-electron chi connectivity index (χ1n) is 9.07. The second-order valence-corrected chi connectivity index (χ2v) is 7.54. The molecule has 0 atom stereocenters. The van der Waals surface area contributed by atoms with Crippen molar-refractivity contribution in [3.63, 3.8) is 0 Å². The average Bonchev–Trinajstić information content (AvgIpc) is 3.17. The van der Waals surface area contributed by atoms with Gasteiger partial charge in [-0.2, -0.15) is 0 Å². The fraction of sp³-hybridized carbons (Fsp3) is 0.450. The van der Waals surface area contributed by atoms with Gasteiger partial charge in [0.2, 0.25) is 0 Å². The first-order valence-corrected chi connectivity index (χ1v) is 9.95. The number of amides is 1. The monoisotopic (exact) mass is 373 g/mol. The van der Waals surface area contributed by atoms with Crippen molar-refractivity contribution in [2.45, 2.75) is 6.54 Å². The van der Waals surface area contributed by atoms with Crippen LogP contribution in [-0.4, -0.2) is 68.7 Å². The number of hydrogen-bond donors (Lipinski definition) is 0. The van der Waals surface area contributed by atoms with E-state index < -0.39 is 0 Å². The van der Waals surface area contributed by atoms with E-state index in [9.17, 15) is 4.79 Å². The van der Waals surface area contributed by atoms with Crippen molar-refractivity contribution < 1.29 is 9.53 Å². The van der Waals surface area contributed by atoms with Gasteiger partial charge >= 0.3 is 0 Å². The molecule has 2 heterocycles. The highest BCUT2D eigenvalue weighted by molar-refractivity contribution is 7.09. The Morgan fingerprint density at radius 1 is 1.08 bits per heavy atom. The second-order valence-electron chi connectivity index (χ2n) is 6.51. The molecule has 0 aliphatic carbocycles. The van der Waals surface area contributed by atoms with Crippen molar-refractivity contribution in [1.82, 2.24) is 9.80 Å². The van der Waals surface area contributed by atoms with Gasteiger partial charge in [-0.05, 0) is 23.6 Å². The van der Waals surface area contributed by atoms with E-state index in [1.807, 2.05) is 46.6 Å². The number of piperazine rings is 1. The number of hydrogen-bond acceptors (Lipinski definition) is 5. The molecule has 6 heteroatoms. The zero-order chi connectivity index (χ0) is 18.2. The fourth-order valence-corrected chi connectivity index (χ4v) is 3.99. The van der Waals surface area contributed by atoms with Crippen LogP contribution in [0, 0.1) is 0 Å². The van der Waals surface area contributed by atoms with Crippen LogP contribution in [0.15, 0.2) is 47.8 Å². The lowest BCUT2D eigenvalue weighted by molar-refractivity contribution is -0.122. The Morgan fingerprint density at radius 2 is 1.81 bits per heavy atom. The third-order valence-electron chi connectivity index (χ3n) is 4.70. The molecule has 1 aromatic heterocycles. The number of benzene rings is 1. The predicted octanol–water partition coefficient (Wildman–Crippen LogP) is 2.55. The number of ether oxygens (including phenoxy) is 1. The van der Waals surface area contributed by atoms with Crippen molar-refractivity contribution in [3.8, 4) is 0 Å². The summed E-state index contributed by atoms with van der Waals surface area (Å²) in [7, 11) is 1.56. The molecular formula is C20H27N3O2S. The Labute approximate surface area is 159 Å². The molecule has 0 radical (unpaired) electrons. The summed E-state index contributed by atoms with van der Waals surface area (Å²) in [5.74, 6) is 0.00929. The first-order chi connectivity index (χ1) is 12.8. The minimum absolute atomic E-state index is 0.00929. The Kier molecular flexibility index (Phi) is 7.20. The highest BCUT2D eigenvalue weighted by Gasteiger charge is 2.20. The van der Waals surface area contributed by atoms with Crippen LogP contribution in [0.5, 0.6) is 0 Å². The predicted molar refractivity (Wildman–Crippen MR) is 107 cm³/mol. The van der Waals surface area contributed by atoms with E-state index in [4.69, 9.17) is 4.74 Å². The van der Waals surface area contributed by atoms with Crippen molar-refractivity contribution >= 4 is 22.9 Å². The summed E-state index contributed by atoms with van der Waals surface area (Å²) in [5.41, 5.74) is 0.936. The summed E-state index contributed by atoms with van der Waals surface area (Å²) in [6.45, 7) is 7.00. The fourth-order valence-electron chi connectivity index (χ4n) is 3.24.